The molecule has 0 unspecified atom stereocenters. The van der Waals surface area contributed by atoms with Crippen LogP contribution in [-0.2, 0) is 14.6 Å². The highest BCUT2D eigenvalue weighted by molar-refractivity contribution is 7.91. The molecule has 11 heteroatoms. The molecule has 0 N–H and O–H groups in total. The summed E-state index contributed by atoms with van der Waals surface area (Å²) >= 11 is 1.29. The van der Waals surface area contributed by atoms with E-state index in [4.69, 9.17) is 9.47 Å². The Balaban J connectivity index is 0.00000408. The van der Waals surface area contributed by atoms with E-state index < -0.39 is 9.84 Å². The molecule has 34 heavy (non-hydrogen) atoms. The third kappa shape index (κ3) is 6.47. The van der Waals surface area contributed by atoms with E-state index in [1.165, 1.54) is 23.5 Å². The van der Waals surface area contributed by atoms with Gasteiger partial charge >= 0.3 is 0 Å². The summed E-state index contributed by atoms with van der Waals surface area (Å²) < 4.78 is 35.6. The number of fused-ring (bicyclic) bond motifs is 1. The first kappa shape index (κ1) is 27.6. The molecule has 1 heterocycles. The quantitative estimate of drug-likeness (QED) is 0.393. The molecule has 0 spiro atoms. The fourth-order valence-electron chi connectivity index (χ4n) is 3.14. The minimum atomic E-state index is -3.45. The van der Waals surface area contributed by atoms with Crippen LogP contribution in [0.3, 0.4) is 0 Å². The van der Waals surface area contributed by atoms with Gasteiger partial charge in [-0.2, -0.15) is 0 Å². The van der Waals surface area contributed by atoms with E-state index >= 15 is 0 Å². The number of carbonyl (C=O) groups excluding carboxylic acids is 1. The Morgan fingerprint density at radius 1 is 1.09 bits per heavy atom. The highest BCUT2D eigenvalue weighted by Gasteiger charge is 2.21. The first-order chi connectivity index (χ1) is 15.6. The van der Waals surface area contributed by atoms with Crippen molar-refractivity contribution in [3.8, 4) is 11.5 Å². The number of benzene rings is 2. The lowest BCUT2D eigenvalue weighted by molar-refractivity contribution is -0.114. The average Bonchev–Trinajstić information content (AvgIpc) is 3.20. The van der Waals surface area contributed by atoms with Crippen molar-refractivity contribution in [2.45, 2.75) is 4.90 Å². The minimum absolute atomic E-state index is 0. The maximum absolute atomic E-state index is 13.2. The number of ether oxygens (including phenoxy) is 2. The van der Waals surface area contributed by atoms with Crippen LogP contribution in [0.4, 0.5) is 5.13 Å². The molecule has 2 aromatic carbocycles. The molecule has 0 saturated heterocycles. The molecule has 0 fully saturated rings. The van der Waals surface area contributed by atoms with Gasteiger partial charge in [0, 0.05) is 25.4 Å². The minimum Gasteiger partial charge on any atom is -0.493 e. The molecule has 0 saturated carbocycles. The lowest BCUT2D eigenvalue weighted by Gasteiger charge is -2.20. The van der Waals surface area contributed by atoms with Crippen LogP contribution in [0, 0.1) is 0 Å². The smallest absolute Gasteiger partial charge is 0.252 e. The lowest BCUT2D eigenvalue weighted by Crippen LogP contribution is -2.35. The van der Waals surface area contributed by atoms with E-state index in [9.17, 15) is 13.2 Å². The Morgan fingerprint density at radius 3 is 2.41 bits per heavy atom. The first-order valence-electron chi connectivity index (χ1n) is 10.1. The second-order valence-electron chi connectivity index (χ2n) is 7.61. The lowest BCUT2D eigenvalue weighted by atomic mass is 10.2. The van der Waals surface area contributed by atoms with Gasteiger partial charge in [-0.1, -0.05) is 23.5 Å². The highest BCUT2D eigenvalue weighted by atomic mass is 35.5. The van der Waals surface area contributed by atoms with Crippen LogP contribution >= 0.6 is 23.7 Å². The van der Waals surface area contributed by atoms with E-state index in [-0.39, 0.29) is 23.2 Å². The number of hydrogen-bond acceptors (Lipinski definition) is 8. The van der Waals surface area contributed by atoms with Crippen molar-refractivity contribution in [2.24, 2.45) is 0 Å². The van der Waals surface area contributed by atoms with Gasteiger partial charge in [0.15, 0.2) is 26.5 Å². The Bertz CT molecular complexity index is 1290. The number of sulfone groups is 1. The van der Waals surface area contributed by atoms with Crippen LogP contribution < -0.4 is 14.4 Å². The normalized spacial score (nSPS) is 11.6. The van der Waals surface area contributed by atoms with Crippen LogP contribution in [0.25, 0.3) is 16.3 Å². The zero-order valence-electron chi connectivity index (χ0n) is 19.6. The van der Waals surface area contributed by atoms with E-state index in [1.54, 1.807) is 49.5 Å². The van der Waals surface area contributed by atoms with Gasteiger partial charge in [0.25, 0.3) is 5.91 Å². The molecule has 0 aliphatic rings. The van der Waals surface area contributed by atoms with Gasteiger partial charge in [-0.25, -0.2) is 13.4 Å². The number of para-hydroxylation sites is 1. The monoisotopic (exact) mass is 525 g/mol. The number of rotatable bonds is 9. The summed E-state index contributed by atoms with van der Waals surface area (Å²) in [5.41, 5.74) is 1.16. The number of hydrogen-bond donors (Lipinski definition) is 0. The van der Waals surface area contributed by atoms with Gasteiger partial charge in [-0.3, -0.25) is 9.69 Å². The molecule has 3 rings (SSSR count). The van der Waals surface area contributed by atoms with Crippen LogP contribution in [0.2, 0.25) is 0 Å². The average molecular weight is 526 g/mol. The number of amides is 1. The third-order valence-corrected chi connectivity index (χ3v) is 7.04. The molecule has 0 atom stereocenters. The molecular weight excluding hydrogens is 498 g/mol. The predicted molar refractivity (Wildman–Crippen MR) is 139 cm³/mol. The Morgan fingerprint density at radius 2 is 1.79 bits per heavy atom. The molecule has 0 aliphatic heterocycles. The highest BCUT2D eigenvalue weighted by Crippen LogP contribution is 2.33. The van der Waals surface area contributed by atoms with Crippen molar-refractivity contribution < 1.29 is 22.7 Å². The van der Waals surface area contributed by atoms with Crippen molar-refractivity contribution in [3.63, 3.8) is 0 Å². The fourth-order valence-corrected chi connectivity index (χ4v) is 5.06. The standard InChI is InChI=1S/C23H27N3O5S2.ClH/c1-25(2)13-14-26(21(27)12-10-16-9-11-17(30-3)18(15-16)31-4)23-24-22-19(32-23)7-6-8-20(22)33(5,28)29;/h6-12,15H,13-14H2,1-5H3;1H. The Kier molecular flexibility index (Phi) is 9.45. The first-order valence-corrected chi connectivity index (χ1v) is 12.8. The number of methoxy groups -OCH3 is 2. The van der Waals surface area contributed by atoms with Gasteiger partial charge in [-0.15, -0.1) is 12.4 Å². The zero-order valence-corrected chi connectivity index (χ0v) is 22.1. The van der Waals surface area contributed by atoms with E-state index in [0.29, 0.717) is 39.9 Å². The topological polar surface area (TPSA) is 89.0 Å². The molecule has 0 radical (unpaired) electrons. The maximum atomic E-state index is 13.2. The van der Waals surface area contributed by atoms with Crippen molar-refractivity contribution >= 4 is 60.9 Å². The van der Waals surface area contributed by atoms with Gasteiger partial charge in [0.2, 0.25) is 0 Å². The van der Waals surface area contributed by atoms with Crippen LogP contribution in [0.15, 0.2) is 47.4 Å². The molecule has 1 amide bonds. The number of nitrogens with zero attached hydrogens (tertiary/aromatic N) is 3. The number of likely N-dealkylation sites (N-methyl/N-ethyl adjacent to an activating group) is 1. The molecule has 184 valence electrons. The van der Waals surface area contributed by atoms with Gasteiger partial charge in [-0.05, 0) is 50.0 Å². The molecule has 8 nitrogen and oxygen atoms in total. The zero-order chi connectivity index (χ0) is 24.2. The number of anilines is 1. The molecule has 1 aromatic heterocycles. The van der Waals surface area contributed by atoms with Crippen molar-refractivity contribution in [1.29, 1.82) is 0 Å². The molecule has 3 aromatic rings. The SMILES string of the molecule is COc1ccc(C=CC(=O)N(CCN(C)C)c2nc3c(S(C)(=O)=O)cccc3s2)cc1OC.Cl. The van der Waals surface area contributed by atoms with Crippen LogP contribution in [0.1, 0.15) is 5.56 Å². The Labute approximate surface area is 210 Å². The second-order valence-corrected chi connectivity index (χ2v) is 10.6. The summed E-state index contributed by atoms with van der Waals surface area (Å²) in [4.78, 5) is 21.4. The summed E-state index contributed by atoms with van der Waals surface area (Å²) in [6, 6.07) is 10.4. The van der Waals surface area contributed by atoms with E-state index in [1.807, 2.05) is 25.1 Å². The van der Waals surface area contributed by atoms with Gasteiger partial charge < -0.3 is 14.4 Å². The van der Waals surface area contributed by atoms with Crippen LogP contribution in [0.5, 0.6) is 11.5 Å². The number of halogens is 1. The fraction of sp³-hybridized carbons (Fsp3) is 0.304. The van der Waals surface area contributed by atoms with E-state index in [0.717, 1.165) is 11.8 Å². The van der Waals surface area contributed by atoms with Crippen LogP contribution in [-0.4, -0.2) is 71.9 Å². The Hall–Kier alpha value is -2.66. The van der Waals surface area contributed by atoms with Crippen molar-refractivity contribution in [2.75, 3.05) is 52.6 Å². The number of carbonyl (C=O) groups is 1. The summed E-state index contributed by atoms with van der Waals surface area (Å²) in [7, 11) is 3.50. The number of thiazole rings is 1. The second kappa shape index (κ2) is 11.7. The third-order valence-electron chi connectivity index (χ3n) is 4.86. The predicted octanol–water partition coefficient (Wildman–Crippen LogP) is 3.75. The largest absolute Gasteiger partial charge is 0.493 e. The summed E-state index contributed by atoms with van der Waals surface area (Å²) in [5, 5.41) is 0.449. The van der Waals surface area contributed by atoms with Crippen molar-refractivity contribution in [1.82, 2.24) is 9.88 Å². The summed E-state index contributed by atoms with van der Waals surface area (Å²) in [5.74, 6) is 0.910. The molecule has 0 aliphatic carbocycles. The van der Waals surface area contributed by atoms with E-state index in [2.05, 4.69) is 4.98 Å². The van der Waals surface area contributed by atoms with Gasteiger partial charge in [0.1, 0.15) is 5.52 Å². The van der Waals surface area contributed by atoms with Gasteiger partial charge in [0.05, 0.1) is 23.8 Å². The summed E-state index contributed by atoms with van der Waals surface area (Å²) in [6.07, 6.45) is 4.32. The number of aromatic nitrogens is 1. The summed E-state index contributed by atoms with van der Waals surface area (Å²) in [6.45, 7) is 1.01. The molecular formula is C23H28ClN3O5S2. The van der Waals surface area contributed by atoms with Crippen molar-refractivity contribution in [3.05, 3.63) is 48.0 Å². The maximum Gasteiger partial charge on any atom is 0.252 e. The molecule has 0 bridgehead atoms.